The third-order valence-corrected chi connectivity index (χ3v) is 3.11. The van der Waals surface area contributed by atoms with E-state index in [0.29, 0.717) is 5.92 Å². The molecule has 0 saturated heterocycles. The topological polar surface area (TPSA) is 13.1 Å². The van der Waals surface area contributed by atoms with Gasteiger partial charge in [0.25, 0.3) is 0 Å². The lowest BCUT2D eigenvalue weighted by molar-refractivity contribution is 0.554. The Balaban J connectivity index is 2.10. The van der Waals surface area contributed by atoms with Crippen LogP contribution in [0.5, 0.6) is 0 Å². The van der Waals surface area contributed by atoms with Crippen LogP contribution >= 0.6 is 0 Å². The van der Waals surface area contributed by atoms with Crippen molar-refractivity contribution in [1.29, 1.82) is 0 Å². The molecule has 0 aliphatic heterocycles. The molecule has 0 amide bonds. The summed E-state index contributed by atoms with van der Waals surface area (Å²) in [6, 6.07) is 10.9. The maximum Gasteiger partial charge on any atom is 0.0937 e. The second-order valence-corrected chi connectivity index (χ2v) is 4.35. The van der Waals surface area contributed by atoms with Gasteiger partial charge in [-0.25, -0.2) is 0 Å². The number of benzene rings is 1. The third kappa shape index (κ3) is 2.54. The number of furan rings is 1. The normalized spacial score (nSPS) is 12.6. The van der Waals surface area contributed by atoms with Crippen molar-refractivity contribution in [3.8, 4) is 0 Å². The second-order valence-electron chi connectivity index (χ2n) is 4.35. The molecule has 0 spiro atoms. The summed E-state index contributed by atoms with van der Waals surface area (Å²) in [6.07, 6.45) is 5.86. The molecule has 0 aliphatic rings. The second kappa shape index (κ2) is 5.02. The molecule has 0 radical (unpaired) electrons. The van der Waals surface area contributed by atoms with Crippen molar-refractivity contribution in [2.75, 3.05) is 0 Å². The first-order chi connectivity index (χ1) is 7.79. The van der Waals surface area contributed by atoms with Crippen LogP contribution in [0, 0.1) is 6.92 Å². The lowest BCUT2D eigenvalue weighted by Crippen LogP contribution is -2.00. The Morgan fingerprint density at radius 3 is 2.44 bits per heavy atom. The van der Waals surface area contributed by atoms with E-state index >= 15 is 0 Å². The molecule has 1 heterocycles. The Kier molecular flexibility index (Phi) is 3.45. The summed E-state index contributed by atoms with van der Waals surface area (Å²) in [5, 5.41) is 0. The van der Waals surface area contributed by atoms with E-state index in [0.717, 1.165) is 12.8 Å². The minimum absolute atomic E-state index is 0.571. The van der Waals surface area contributed by atoms with Crippen molar-refractivity contribution in [3.63, 3.8) is 0 Å². The molecule has 1 nitrogen and oxygen atoms in total. The quantitative estimate of drug-likeness (QED) is 0.738. The molecule has 0 N–H and O–H groups in total. The number of rotatable bonds is 4. The molecule has 1 heteroatoms. The highest BCUT2D eigenvalue weighted by Crippen LogP contribution is 2.24. The zero-order valence-corrected chi connectivity index (χ0v) is 9.94. The van der Waals surface area contributed by atoms with Crippen LogP contribution in [0.4, 0.5) is 0 Å². The molecule has 1 unspecified atom stereocenters. The zero-order valence-electron chi connectivity index (χ0n) is 9.94. The van der Waals surface area contributed by atoms with Crippen molar-refractivity contribution in [2.24, 2.45) is 0 Å². The van der Waals surface area contributed by atoms with Gasteiger partial charge in [-0.1, -0.05) is 36.8 Å². The summed E-state index contributed by atoms with van der Waals surface area (Å²) >= 11 is 0. The minimum Gasteiger partial charge on any atom is -0.472 e. The van der Waals surface area contributed by atoms with Crippen molar-refractivity contribution in [2.45, 2.75) is 32.6 Å². The van der Waals surface area contributed by atoms with Crippen molar-refractivity contribution in [3.05, 3.63) is 59.5 Å². The van der Waals surface area contributed by atoms with E-state index in [2.05, 4.69) is 44.2 Å². The molecular weight excluding hydrogens is 196 g/mol. The monoisotopic (exact) mass is 214 g/mol. The predicted molar refractivity (Wildman–Crippen MR) is 66.6 cm³/mol. The largest absolute Gasteiger partial charge is 0.472 e. The Bertz CT molecular complexity index is 411. The van der Waals surface area contributed by atoms with E-state index in [-0.39, 0.29) is 0 Å². The van der Waals surface area contributed by atoms with Crippen LogP contribution in [0.2, 0.25) is 0 Å². The maximum atomic E-state index is 5.15. The Morgan fingerprint density at radius 2 is 1.88 bits per heavy atom. The Hall–Kier alpha value is -1.50. The van der Waals surface area contributed by atoms with E-state index in [4.69, 9.17) is 4.42 Å². The molecular formula is C15H18O. The summed E-state index contributed by atoms with van der Waals surface area (Å²) < 4.78 is 5.15. The van der Waals surface area contributed by atoms with E-state index in [1.54, 1.807) is 6.26 Å². The van der Waals surface area contributed by atoms with E-state index in [1.807, 2.05) is 6.26 Å². The minimum atomic E-state index is 0.571. The number of hydrogen-bond acceptors (Lipinski definition) is 1. The molecule has 1 aromatic heterocycles. The molecule has 0 aliphatic carbocycles. The van der Waals surface area contributed by atoms with Crippen molar-refractivity contribution in [1.82, 2.24) is 0 Å². The molecule has 0 saturated carbocycles. The van der Waals surface area contributed by atoms with Gasteiger partial charge in [0.05, 0.1) is 12.5 Å². The van der Waals surface area contributed by atoms with Gasteiger partial charge in [-0.3, -0.25) is 0 Å². The molecule has 2 aromatic rings. The van der Waals surface area contributed by atoms with Gasteiger partial charge in [0.2, 0.25) is 0 Å². The van der Waals surface area contributed by atoms with Gasteiger partial charge in [-0.05, 0) is 42.9 Å². The van der Waals surface area contributed by atoms with Gasteiger partial charge in [0.15, 0.2) is 0 Å². The summed E-state index contributed by atoms with van der Waals surface area (Å²) in [5.41, 5.74) is 4.03. The van der Waals surface area contributed by atoms with Crippen molar-refractivity contribution < 1.29 is 4.42 Å². The van der Waals surface area contributed by atoms with Crippen LogP contribution in [0.3, 0.4) is 0 Å². The van der Waals surface area contributed by atoms with Crippen LogP contribution in [-0.2, 0) is 6.42 Å². The Labute approximate surface area is 97.1 Å². The third-order valence-electron chi connectivity index (χ3n) is 3.11. The Morgan fingerprint density at radius 1 is 1.12 bits per heavy atom. The first kappa shape index (κ1) is 11.0. The maximum absolute atomic E-state index is 5.15. The average Bonchev–Trinajstić information content (AvgIpc) is 2.82. The van der Waals surface area contributed by atoms with Gasteiger partial charge >= 0.3 is 0 Å². The molecule has 2 rings (SSSR count). The van der Waals surface area contributed by atoms with Crippen LogP contribution in [0.25, 0.3) is 0 Å². The predicted octanol–water partition coefficient (Wildman–Crippen LogP) is 4.32. The highest BCUT2D eigenvalue weighted by molar-refractivity contribution is 5.24. The van der Waals surface area contributed by atoms with E-state index < -0.39 is 0 Å². The summed E-state index contributed by atoms with van der Waals surface area (Å²) in [7, 11) is 0. The number of aryl methyl sites for hydroxylation is 1. The van der Waals surface area contributed by atoms with Crippen LogP contribution in [-0.4, -0.2) is 0 Å². The van der Waals surface area contributed by atoms with E-state index in [9.17, 15) is 0 Å². The fraction of sp³-hybridized carbons (Fsp3) is 0.333. The highest BCUT2D eigenvalue weighted by atomic mass is 16.3. The molecule has 0 fully saturated rings. The first-order valence-corrected chi connectivity index (χ1v) is 5.87. The summed E-state index contributed by atoms with van der Waals surface area (Å²) in [4.78, 5) is 0. The first-order valence-electron chi connectivity index (χ1n) is 5.87. The number of hydrogen-bond donors (Lipinski definition) is 0. The van der Waals surface area contributed by atoms with Gasteiger partial charge in [-0.15, -0.1) is 0 Å². The highest BCUT2D eigenvalue weighted by Gasteiger charge is 2.11. The fourth-order valence-corrected chi connectivity index (χ4v) is 2.01. The average molecular weight is 214 g/mol. The smallest absolute Gasteiger partial charge is 0.0937 e. The summed E-state index contributed by atoms with van der Waals surface area (Å²) in [6.45, 7) is 4.35. The van der Waals surface area contributed by atoms with Crippen LogP contribution < -0.4 is 0 Å². The fourth-order valence-electron chi connectivity index (χ4n) is 2.01. The molecule has 0 bridgehead atoms. The van der Waals surface area contributed by atoms with E-state index in [1.165, 1.54) is 16.7 Å². The van der Waals surface area contributed by atoms with Gasteiger partial charge in [0, 0.05) is 0 Å². The van der Waals surface area contributed by atoms with Gasteiger partial charge in [0.1, 0.15) is 0 Å². The van der Waals surface area contributed by atoms with Crippen molar-refractivity contribution >= 4 is 0 Å². The molecule has 16 heavy (non-hydrogen) atoms. The SMILES string of the molecule is CCC(Cc1ccc(C)cc1)c1ccoc1. The molecule has 84 valence electrons. The lowest BCUT2D eigenvalue weighted by atomic mass is 9.91. The van der Waals surface area contributed by atoms with Crippen LogP contribution in [0.1, 0.15) is 36.0 Å². The lowest BCUT2D eigenvalue weighted by Gasteiger charge is -2.12. The molecule has 1 atom stereocenters. The van der Waals surface area contributed by atoms with Gasteiger partial charge in [-0.2, -0.15) is 0 Å². The van der Waals surface area contributed by atoms with Gasteiger partial charge < -0.3 is 4.42 Å². The van der Waals surface area contributed by atoms with Crippen LogP contribution in [0.15, 0.2) is 47.3 Å². The standard InChI is InChI=1S/C15H18O/c1-3-14(15-8-9-16-11-15)10-13-6-4-12(2)5-7-13/h4-9,11,14H,3,10H2,1-2H3. The zero-order chi connectivity index (χ0) is 11.4. The summed E-state index contributed by atoms with van der Waals surface area (Å²) in [5.74, 6) is 0.571. The molecule has 1 aromatic carbocycles.